The van der Waals surface area contributed by atoms with E-state index in [4.69, 9.17) is 22.7 Å². The summed E-state index contributed by atoms with van der Waals surface area (Å²) in [5.41, 5.74) is 6.92. The monoisotopic (exact) mass is 274 g/mol. The lowest BCUT2D eigenvalue weighted by Crippen LogP contribution is -2.14. The van der Waals surface area contributed by atoms with Gasteiger partial charge in [0, 0.05) is 24.1 Å². The summed E-state index contributed by atoms with van der Waals surface area (Å²) in [6.07, 6.45) is 3.13. The third-order valence-corrected chi connectivity index (χ3v) is 2.53. The molecular formula is C13H14N4OS. The first-order valence-electron chi connectivity index (χ1n) is 5.81. The van der Waals surface area contributed by atoms with Crippen molar-refractivity contribution in [2.24, 2.45) is 5.73 Å². The molecule has 0 atom stereocenters. The SMILES string of the molecule is CCOc1cccc(Nc2nccnc2C(N)=S)c1. The minimum atomic E-state index is 0.205. The maximum absolute atomic E-state index is 5.61. The summed E-state index contributed by atoms with van der Waals surface area (Å²) in [6, 6.07) is 7.56. The van der Waals surface area contributed by atoms with Crippen molar-refractivity contribution in [3.05, 3.63) is 42.4 Å². The zero-order valence-corrected chi connectivity index (χ0v) is 11.3. The van der Waals surface area contributed by atoms with E-state index in [0.717, 1.165) is 11.4 Å². The summed E-state index contributed by atoms with van der Waals surface area (Å²) in [5, 5.41) is 3.13. The Labute approximate surface area is 116 Å². The molecule has 0 aliphatic heterocycles. The molecule has 98 valence electrons. The highest BCUT2D eigenvalue weighted by Gasteiger charge is 2.08. The Hall–Kier alpha value is -2.21. The van der Waals surface area contributed by atoms with Gasteiger partial charge in [-0.1, -0.05) is 18.3 Å². The van der Waals surface area contributed by atoms with Gasteiger partial charge in [0.15, 0.2) is 5.82 Å². The second kappa shape index (κ2) is 6.10. The second-order valence-electron chi connectivity index (χ2n) is 3.70. The third kappa shape index (κ3) is 3.38. The van der Waals surface area contributed by atoms with E-state index in [1.165, 1.54) is 0 Å². The number of nitrogens with zero attached hydrogens (tertiary/aromatic N) is 2. The predicted molar refractivity (Wildman–Crippen MR) is 78.8 cm³/mol. The minimum Gasteiger partial charge on any atom is -0.494 e. The van der Waals surface area contributed by atoms with Gasteiger partial charge in [-0.2, -0.15) is 0 Å². The van der Waals surface area contributed by atoms with E-state index in [2.05, 4.69) is 15.3 Å². The van der Waals surface area contributed by atoms with Gasteiger partial charge in [0.05, 0.1) is 6.61 Å². The van der Waals surface area contributed by atoms with Gasteiger partial charge < -0.3 is 15.8 Å². The fourth-order valence-electron chi connectivity index (χ4n) is 1.58. The van der Waals surface area contributed by atoms with Crippen molar-refractivity contribution in [1.82, 2.24) is 9.97 Å². The highest BCUT2D eigenvalue weighted by Crippen LogP contribution is 2.21. The summed E-state index contributed by atoms with van der Waals surface area (Å²) < 4.78 is 5.44. The molecule has 1 aromatic carbocycles. The van der Waals surface area contributed by atoms with Crippen LogP contribution in [-0.4, -0.2) is 21.6 Å². The molecule has 0 radical (unpaired) electrons. The number of rotatable bonds is 5. The summed E-state index contributed by atoms with van der Waals surface area (Å²) in [6.45, 7) is 2.56. The summed E-state index contributed by atoms with van der Waals surface area (Å²) in [7, 11) is 0. The van der Waals surface area contributed by atoms with Crippen molar-refractivity contribution in [3.8, 4) is 5.75 Å². The van der Waals surface area contributed by atoms with Crippen LogP contribution in [0.4, 0.5) is 11.5 Å². The highest BCUT2D eigenvalue weighted by atomic mass is 32.1. The van der Waals surface area contributed by atoms with Crippen molar-refractivity contribution in [3.63, 3.8) is 0 Å². The summed E-state index contributed by atoms with van der Waals surface area (Å²) in [5.74, 6) is 1.32. The van der Waals surface area contributed by atoms with E-state index < -0.39 is 0 Å². The van der Waals surface area contributed by atoms with Crippen molar-refractivity contribution < 1.29 is 4.74 Å². The standard InChI is InChI=1S/C13H14N4OS/c1-2-18-10-5-3-4-9(8-10)17-13-11(12(14)19)15-6-7-16-13/h3-8H,2H2,1H3,(H2,14,19)(H,16,17). The van der Waals surface area contributed by atoms with E-state index in [0.29, 0.717) is 18.1 Å². The maximum atomic E-state index is 5.61. The fourth-order valence-corrected chi connectivity index (χ4v) is 1.73. The molecule has 0 fully saturated rings. The molecule has 2 aromatic rings. The Balaban J connectivity index is 2.26. The fraction of sp³-hybridized carbons (Fsp3) is 0.154. The van der Waals surface area contributed by atoms with Crippen molar-refractivity contribution >= 4 is 28.7 Å². The average Bonchev–Trinajstić information content (AvgIpc) is 2.40. The Bertz CT molecular complexity index is 588. The van der Waals surface area contributed by atoms with Crippen LogP contribution in [0.15, 0.2) is 36.7 Å². The van der Waals surface area contributed by atoms with Crippen LogP contribution in [0.2, 0.25) is 0 Å². The van der Waals surface area contributed by atoms with Crippen LogP contribution >= 0.6 is 12.2 Å². The number of ether oxygens (including phenoxy) is 1. The normalized spacial score (nSPS) is 9.95. The Morgan fingerprint density at radius 2 is 2.16 bits per heavy atom. The number of hydrogen-bond donors (Lipinski definition) is 2. The molecule has 1 heterocycles. The lowest BCUT2D eigenvalue weighted by Gasteiger charge is -2.10. The molecular weight excluding hydrogens is 260 g/mol. The lowest BCUT2D eigenvalue weighted by atomic mass is 10.3. The zero-order valence-electron chi connectivity index (χ0n) is 10.5. The molecule has 0 aliphatic rings. The molecule has 0 unspecified atom stereocenters. The summed E-state index contributed by atoms with van der Waals surface area (Å²) in [4.78, 5) is 8.50. The number of hydrogen-bond acceptors (Lipinski definition) is 5. The molecule has 0 aliphatic carbocycles. The molecule has 3 N–H and O–H groups in total. The third-order valence-electron chi connectivity index (χ3n) is 2.34. The quantitative estimate of drug-likeness (QED) is 0.815. The maximum Gasteiger partial charge on any atom is 0.159 e. The smallest absolute Gasteiger partial charge is 0.159 e. The van der Waals surface area contributed by atoms with E-state index in [1.54, 1.807) is 12.4 Å². The van der Waals surface area contributed by atoms with Gasteiger partial charge in [0.2, 0.25) is 0 Å². The minimum absolute atomic E-state index is 0.205. The number of nitrogens with one attached hydrogen (secondary N) is 1. The number of nitrogens with two attached hydrogens (primary N) is 1. The van der Waals surface area contributed by atoms with Crippen LogP contribution in [0.1, 0.15) is 12.6 Å². The molecule has 0 bridgehead atoms. The van der Waals surface area contributed by atoms with Crippen LogP contribution in [-0.2, 0) is 0 Å². The molecule has 0 spiro atoms. The first kappa shape index (κ1) is 13.2. The van der Waals surface area contributed by atoms with Gasteiger partial charge >= 0.3 is 0 Å². The highest BCUT2D eigenvalue weighted by molar-refractivity contribution is 7.80. The van der Waals surface area contributed by atoms with Crippen LogP contribution in [0.3, 0.4) is 0 Å². The van der Waals surface area contributed by atoms with Crippen molar-refractivity contribution in [1.29, 1.82) is 0 Å². The van der Waals surface area contributed by atoms with Crippen LogP contribution in [0, 0.1) is 0 Å². The van der Waals surface area contributed by atoms with Crippen molar-refractivity contribution in [2.45, 2.75) is 6.92 Å². The summed E-state index contributed by atoms with van der Waals surface area (Å²) >= 11 is 4.94. The Morgan fingerprint density at radius 3 is 2.89 bits per heavy atom. The van der Waals surface area contributed by atoms with Crippen LogP contribution in [0.5, 0.6) is 5.75 Å². The van der Waals surface area contributed by atoms with Gasteiger partial charge in [0.1, 0.15) is 16.4 Å². The predicted octanol–water partition coefficient (Wildman–Crippen LogP) is 2.25. The molecule has 0 saturated carbocycles. The molecule has 19 heavy (non-hydrogen) atoms. The lowest BCUT2D eigenvalue weighted by molar-refractivity contribution is 0.340. The first-order valence-corrected chi connectivity index (χ1v) is 6.22. The number of benzene rings is 1. The number of aromatic nitrogens is 2. The van der Waals surface area contributed by atoms with E-state index in [1.807, 2.05) is 31.2 Å². The zero-order chi connectivity index (χ0) is 13.7. The van der Waals surface area contributed by atoms with Crippen LogP contribution < -0.4 is 15.8 Å². The van der Waals surface area contributed by atoms with E-state index in [-0.39, 0.29) is 4.99 Å². The largest absolute Gasteiger partial charge is 0.494 e. The Kier molecular flexibility index (Phi) is 4.25. The molecule has 5 nitrogen and oxygen atoms in total. The number of thiocarbonyl (C=S) groups is 1. The van der Waals surface area contributed by atoms with Gasteiger partial charge in [0.25, 0.3) is 0 Å². The molecule has 1 aromatic heterocycles. The van der Waals surface area contributed by atoms with Gasteiger partial charge in [-0.05, 0) is 19.1 Å². The molecule has 0 saturated heterocycles. The first-order chi connectivity index (χ1) is 9.20. The average molecular weight is 274 g/mol. The van der Waals surface area contributed by atoms with E-state index in [9.17, 15) is 0 Å². The number of anilines is 2. The molecule has 2 rings (SSSR count). The molecule has 0 amide bonds. The molecule has 6 heteroatoms. The van der Waals surface area contributed by atoms with Gasteiger partial charge in [-0.3, -0.25) is 0 Å². The second-order valence-corrected chi connectivity index (χ2v) is 4.14. The van der Waals surface area contributed by atoms with Gasteiger partial charge in [-0.15, -0.1) is 0 Å². The van der Waals surface area contributed by atoms with Gasteiger partial charge in [-0.25, -0.2) is 9.97 Å². The van der Waals surface area contributed by atoms with Crippen molar-refractivity contribution in [2.75, 3.05) is 11.9 Å². The van der Waals surface area contributed by atoms with E-state index >= 15 is 0 Å². The van der Waals surface area contributed by atoms with Crippen LogP contribution in [0.25, 0.3) is 0 Å². The Morgan fingerprint density at radius 1 is 1.37 bits per heavy atom. The topological polar surface area (TPSA) is 73.1 Å².